The van der Waals surface area contributed by atoms with Gasteiger partial charge >= 0.3 is 11.8 Å². The van der Waals surface area contributed by atoms with Crippen LogP contribution in [0.1, 0.15) is 68.4 Å². The molecule has 1 unspecified atom stereocenters. The molecule has 1 atom stereocenters. The average Bonchev–Trinajstić information content (AvgIpc) is 2.89. The van der Waals surface area contributed by atoms with Crippen molar-refractivity contribution in [2.24, 2.45) is 5.41 Å². The van der Waals surface area contributed by atoms with Crippen LogP contribution in [-0.2, 0) is 10.2 Å². The van der Waals surface area contributed by atoms with Crippen LogP contribution >= 0.6 is 0 Å². The topological polar surface area (TPSA) is 166 Å². The van der Waals surface area contributed by atoms with Gasteiger partial charge in [0.15, 0.2) is 11.5 Å². The molecular formula is C29H38N4O8. The number of hydrogen-bond acceptors (Lipinski definition) is 8. The first-order valence-corrected chi connectivity index (χ1v) is 13.2. The van der Waals surface area contributed by atoms with E-state index in [0.717, 1.165) is 10.5 Å². The zero-order valence-electron chi connectivity index (χ0n) is 24.5. The summed E-state index contributed by atoms with van der Waals surface area (Å²) in [6, 6.07) is 8.27. The molecule has 222 valence electrons. The fourth-order valence-corrected chi connectivity index (χ4v) is 5.28. The van der Waals surface area contributed by atoms with Crippen LogP contribution in [0.15, 0.2) is 30.3 Å². The molecule has 12 nitrogen and oxygen atoms in total. The quantitative estimate of drug-likeness (QED) is 0.179. The highest BCUT2D eigenvalue weighted by molar-refractivity contribution is 6.15. The molecule has 0 aliphatic carbocycles. The summed E-state index contributed by atoms with van der Waals surface area (Å²) in [5, 5.41) is 21.8. The standard InChI is InChI=1S/C29H38N4O8/c1-28(2,3)19(17-9-12-21(40-6)22(15-17)41-7)16-31(27(36)37)13-8-14-32-25(34)23-18(29(4,5)26(32)35)10-11-20(30)24(23)33(38)39/h9-12,15,19H,8,13-14,16,30H2,1-7H3,(H,36,37). The number of nitrogen functional groups attached to an aromatic ring is 1. The maximum absolute atomic E-state index is 13.4. The molecule has 1 heterocycles. The van der Waals surface area contributed by atoms with Crippen LogP contribution in [-0.4, -0.2) is 71.6 Å². The highest BCUT2D eigenvalue weighted by Gasteiger charge is 2.48. The van der Waals surface area contributed by atoms with Crippen molar-refractivity contribution in [3.05, 3.63) is 57.1 Å². The molecule has 2 aromatic carbocycles. The summed E-state index contributed by atoms with van der Waals surface area (Å²) in [5.74, 6) is -0.479. The molecule has 41 heavy (non-hydrogen) atoms. The highest BCUT2D eigenvalue weighted by Crippen LogP contribution is 2.42. The second-order valence-corrected chi connectivity index (χ2v) is 11.7. The van der Waals surface area contributed by atoms with E-state index in [0.29, 0.717) is 11.5 Å². The molecule has 0 radical (unpaired) electrons. The molecule has 0 fully saturated rings. The number of rotatable bonds is 10. The number of ether oxygens (including phenoxy) is 2. The summed E-state index contributed by atoms with van der Waals surface area (Å²) in [5.41, 5.74) is 4.45. The zero-order valence-corrected chi connectivity index (χ0v) is 24.5. The SMILES string of the molecule is COc1ccc(C(CN(CCCN2C(=O)c3c(ccc(N)c3[N+](=O)[O-])C(C)(C)C2=O)C(=O)O)C(C)(C)C)cc1OC. The van der Waals surface area contributed by atoms with Gasteiger partial charge in [-0.05, 0) is 55.0 Å². The van der Waals surface area contributed by atoms with Gasteiger partial charge in [0.2, 0.25) is 5.91 Å². The van der Waals surface area contributed by atoms with E-state index in [4.69, 9.17) is 15.2 Å². The van der Waals surface area contributed by atoms with Gasteiger partial charge < -0.3 is 25.2 Å². The monoisotopic (exact) mass is 570 g/mol. The second-order valence-electron chi connectivity index (χ2n) is 11.7. The van der Waals surface area contributed by atoms with Gasteiger partial charge in [0.25, 0.3) is 5.91 Å². The maximum Gasteiger partial charge on any atom is 0.407 e. The van der Waals surface area contributed by atoms with Gasteiger partial charge in [0, 0.05) is 25.6 Å². The van der Waals surface area contributed by atoms with Crippen molar-refractivity contribution in [3.63, 3.8) is 0 Å². The molecular weight excluding hydrogens is 532 g/mol. The van der Waals surface area contributed by atoms with Crippen molar-refractivity contribution in [1.29, 1.82) is 0 Å². The van der Waals surface area contributed by atoms with Crippen molar-refractivity contribution in [2.45, 2.75) is 52.4 Å². The summed E-state index contributed by atoms with van der Waals surface area (Å²) >= 11 is 0. The number of amides is 3. The van der Waals surface area contributed by atoms with Crippen molar-refractivity contribution in [1.82, 2.24) is 9.80 Å². The smallest absolute Gasteiger partial charge is 0.407 e. The summed E-state index contributed by atoms with van der Waals surface area (Å²) < 4.78 is 10.8. The molecule has 3 rings (SSSR count). The van der Waals surface area contributed by atoms with Crippen molar-refractivity contribution < 1.29 is 33.9 Å². The third-order valence-electron chi connectivity index (χ3n) is 7.64. The lowest BCUT2D eigenvalue weighted by Gasteiger charge is -2.38. The minimum Gasteiger partial charge on any atom is -0.493 e. The van der Waals surface area contributed by atoms with Gasteiger partial charge in [-0.15, -0.1) is 0 Å². The van der Waals surface area contributed by atoms with Gasteiger partial charge in [0.05, 0.1) is 24.6 Å². The lowest BCUT2D eigenvalue weighted by molar-refractivity contribution is -0.384. The Morgan fingerprint density at radius 2 is 1.78 bits per heavy atom. The van der Waals surface area contributed by atoms with Crippen molar-refractivity contribution in [2.75, 3.05) is 39.6 Å². The van der Waals surface area contributed by atoms with Crippen molar-refractivity contribution >= 4 is 29.3 Å². The molecule has 12 heteroatoms. The third-order valence-corrected chi connectivity index (χ3v) is 7.64. The van der Waals surface area contributed by atoms with E-state index >= 15 is 0 Å². The molecule has 1 aliphatic rings. The average molecular weight is 571 g/mol. The number of fused-ring (bicyclic) bond motifs is 1. The van der Waals surface area contributed by atoms with Crippen LogP contribution in [0.25, 0.3) is 0 Å². The largest absolute Gasteiger partial charge is 0.493 e. The maximum atomic E-state index is 13.4. The number of imide groups is 1. The van der Waals surface area contributed by atoms with Crippen LogP contribution in [0.3, 0.4) is 0 Å². The van der Waals surface area contributed by atoms with E-state index in [-0.39, 0.29) is 54.2 Å². The number of nitro benzene ring substituents is 1. The Morgan fingerprint density at radius 1 is 1.15 bits per heavy atom. The first-order valence-electron chi connectivity index (χ1n) is 13.2. The molecule has 2 aromatic rings. The second kappa shape index (κ2) is 11.6. The van der Waals surface area contributed by atoms with E-state index in [1.165, 1.54) is 31.3 Å². The molecule has 0 bridgehead atoms. The summed E-state index contributed by atoms with van der Waals surface area (Å²) in [6.07, 6.45) is -1.02. The van der Waals surface area contributed by atoms with Gasteiger partial charge in [-0.3, -0.25) is 24.6 Å². The van der Waals surface area contributed by atoms with Crippen LogP contribution in [0, 0.1) is 15.5 Å². The molecule has 3 N–H and O–H groups in total. The van der Waals surface area contributed by atoms with Crippen LogP contribution in [0.2, 0.25) is 0 Å². The van der Waals surface area contributed by atoms with E-state index < -0.39 is 33.9 Å². The molecule has 1 aliphatic heterocycles. The third kappa shape index (κ3) is 6.06. The first-order chi connectivity index (χ1) is 19.1. The van der Waals surface area contributed by atoms with Gasteiger partial charge in [-0.2, -0.15) is 0 Å². The molecule has 0 saturated carbocycles. The summed E-state index contributed by atoms with van der Waals surface area (Å²) in [4.78, 5) is 52.3. The summed E-state index contributed by atoms with van der Waals surface area (Å²) in [6.45, 7) is 9.27. The number of nitrogens with two attached hydrogens (primary N) is 1. The van der Waals surface area contributed by atoms with Gasteiger partial charge in [0.1, 0.15) is 11.3 Å². The minimum atomic E-state index is -1.22. The molecule has 0 spiro atoms. The van der Waals surface area contributed by atoms with E-state index in [2.05, 4.69) is 0 Å². The zero-order chi connectivity index (χ0) is 30.9. The Bertz CT molecular complexity index is 1370. The number of carbonyl (C=O) groups is 3. The van der Waals surface area contributed by atoms with Gasteiger partial charge in [-0.1, -0.05) is 32.9 Å². The molecule has 0 aromatic heterocycles. The number of nitro groups is 1. The van der Waals surface area contributed by atoms with Crippen LogP contribution in [0.5, 0.6) is 11.5 Å². The Kier molecular flexibility index (Phi) is 8.85. The van der Waals surface area contributed by atoms with E-state index in [9.17, 15) is 29.6 Å². The number of carbonyl (C=O) groups excluding carboxylic acids is 2. The van der Waals surface area contributed by atoms with Crippen LogP contribution in [0.4, 0.5) is 16.2 Å². The Hall–Kier alpha value is -4.35. The minimum absolute atomic E-state index is 0.0264. The number of anilines is 1. The lowest BCUT2D eigenvalue weighted by Crippen LogP contribution is -2.52. The normalized spacial score (nSPS) is 15.2. The number of carboxylic acid groups (broad SMARTS) is 1. The number of hydrogen-bond donors (Lipinski definition) is 2. The Morgan fingerprint density at radius 3 is 2.32 bits per heavy atom. The van der Waals surface area contributed by atoms with Crippen LogP contribution < -0.4 is 15.2 Å². The van der Waals surface area contributed by atoms with Crippen molar-refractivity contribution in [3.8, 4) is 11.5 Å². The number of nitrogens with zero attached hydrogens (tertiary/aromatic N) is 3. The fraction of sp³-hybridized carbons (Fsp3) is 0.483. The first kappa shape index (κ1) is 31.2. The predicted octanol–water partition coefficient (Wildman–Crippen LogP) is 4.65. The fourth-order valence-electron chi connectivity index (χ4n) is 5.28. The Labute approximate surface area is 239 Å². The number of methoxy groups -OCH3 is 2. The van der Waals surface area contributed by atoms with E-state index in [1.54, 1.807) is 19.9 Å². The number of benzene rings is 2. The Balaban J connectivity index is 1.85. The highest BCUT2D eigenvalue weighted by atomic mass is 16.6. The molecule has 3 amide bonds. The lowest BCUT2D eigenvalue weighted by atomic mass is 9.76. The molecule has 0 saturated heterocycles. The van der Waals surface area contributed by atoms with Gasteiger partial charge in [-0.25, -0.2) is 4.79 Å². The van der Waals surface area contributed by atoms with E-state index in [1.807, 2.05) is 32.9 Å². The predicted molar refractivity (Wildman–Crippen MR) is 153 cm³/mol. The summed E-state index contributed by atoms with van der Waals surface area (Å²) in [7, 11) is 3.07.